The maximum Gasteiger partial charge on any atom is -0.0138 e. The fourth-order valence-electron chi connectivity index (χ4n) is 1.68. The van der Waals surface area contributed by atoms with E-state index in [1.54, 1.807) is 0 Å². The van der Waals surface area contributed by atoms with Crippen LogP contribution < -0.4 is 0 Å². The van der Waals surface area contributed by atoms with Crippen molar-refractivity contribution in [1.82, 2.24) is 0 Å². The Bertz CT molecular complexity index is 501. The fraction of sp³-hybridized carbons (Fsp3) is 0.500. The Labute approximate surface area is 152 Å². The average molecular weight is 329 g/mol. The number of hydrogen-bond donors (Lipinski definition) is 0. The van der Waals surface area contributed by atoms with E-state index < -0.39 is 0 Å². The maximum atomic E-state index is 3.93. The van der Waals surface area contributed by atoms with Crippen LogP contribution in [0.3, 0.4) is 0 Å². The van der Waals surface area contributed by atoms with Crippen LogP contribution in [0.5, 0.6) is 0 Å². The monoisotopic (exact) mass is 328 g/mol. The van der Waals surface area contributed by atoms with Crippen LogP contribution in [0.4, 0.5) is 0 Å². The smallest absolute Gasteiger partial charge is 0.0138 e. The standard InChI is InChI=1S/C9H12.C9H16.C6H12/c1-7-4-5-8(2)9(3)6-7;1-6-7-8(2)9(3,4)5;1-3-5-6-4-2/h4-6H,1-3H3;6-7H,2H2,1,3-5H3;5-6H,3-4H2,1-2H3/b;7-6+;6-5-. The van der Waals surface area contributed by atoms with Gasteiger partial charge in [-0.1, -0.05) is 94.8 Å². The van der Waals surface area contributed by atoms with Gasteiger partial charge in [-0.15, -0.1) is 0 Å². The van der Waals surface area contributed by atoms with Gasteiger partial charge < -0.3 is 0 Å². The van der Waals surface area contributed by atoms with Crippen LogP contribution in [0.2, 0.25) is 0 Å². The molecule has 0 atom stereocenters. The molecule has 0 aliphatic rings. The van der Waals surface area contributed by atoms with Crippen LogP contribution in [0.15, 0.2) is 54.7 Å². The molecule has 0 nitrogen and oxygen atoms in total. The zero-order valence-corrected chi connectivity index (χ0v) is 17.7. The van der Waals surface area contributed by atoms with E-state index in [2.05, 4.69) is 98.4 Å². The highest BCUT2D eigenvalue weighted by Gasteiger charge is 2.10. The van der Waals surface area contributed by atoms with Gasteiger partial charge in [0.2, 0.25) is 0 Å². The molecule has 0 saturated heterocycles. The van der Waals surface area contributed by atoms with E-state index >= 15 is 0 Å². The number of benzene rings is 1. The van der Waals surface area contributed by atoms with E-state index in [4.69, 9.17) is 0 Å². The molecule has 0 N–H and O–H groups in total. The van der Waals surface area contributed by atoms with E-state index in [1.807, 2.05) is 13.0 Å². The summed E-state index contributed by atoms with van der Waals surface area (Å²) in [6.45, 7) is 23.1. The minimum atomic E-state index is 0.229. The highest BCUT2D eigenvalue weighted by molar-refractivity contribution is 5.28. The van der Waals surface area contributed by atoms with Crippen molar-refractivity contribution in [3.63, 3.8) is 0 Å². The topological polar surface area (TPSA) is 0 Å². The largest absolute Gasteiger partial charge is 0.0953 e. The lowest BCUT2D eigenvalue weighted by Gasteiger charge is -2.18. The first-order valence-corrected chi connectivity index (χ1v) is 9.10. The molecule has 1 aromatic carbocycles. The molecule has 0 unspecified atom stereocenters. The molecular formula is C24H40. The first-order valence-electron chi connectivity index (χ1n) is 9.10. The van der Waals surface area contributed by atoms with Crippen molar-refractivity contribution in [1.29, 1.82) is 0 Å². The molecule has 0 amide bonds. The summed E-state index contributed by atoms with van der Waals surface area (Å²) in [4.78, 5) is 0. The third kappa shape index (κ3) is 14.1. The summed E-state index contributed by atoms with van der Waals surface area (Å²) in [6.07, 6.45) is 10.8. The van der Waals surface area contributed by atoms with Crippen molar-refractivity contribution in [3.05, 3.63) is 71.3 Å². The Balaban J connectivity index is 0. The van der Waals surface area contributed by atoms with Crippen molar-refractivity contribution < 1.29 is 0 Å². The van der Waals surface area contributed by atoms with Gasteiger partial charge in [-0.2, -0.15) is 0 Å². The molecule has 0 radical (unpaired) electrons. The quantitative estimate of drug-likeness (QED) is 0.388. The highest BCUT2D eigenvalue weighted by atomic mass is 14.2. The Morgan fingerprint density at radius 3 is 1.71 bits per heavy atom. The second-order valence-electron chi connectivity index (χ2n) is 7.15. The van der Waals surface area contributed by atoms with E-state index in [0.29, 0.717) is 0 Å². The van der Waals surface area contributed by atoms with Crippen molar-refractivity contribution >= 4 is 0 Å². The average Bonchev–Trinajstić information content (AvgIpc) is 2.50. The molecule has 0 saturated carbocycles. The molecule has 0 heteroatoms. The minimum absolute atomic E-state index is 0.229. The first kappa shape index (κ1) is 24.7. The summed E-state index contributed by atoms with van der Waals surface area (Å²) in [7, 11) is 0. The van der Waals surface area contributed by atoms with Crippen LogP contribution >= 0.6 is 0 Å². The molecule has 24 heavy (non-hydrogen) atoms. The van der Waals surface area contributed by atoms with E-state index in [9.17, 15) is 0 Å². The molecular weight excluding hydrogens is 288 g/mol. The maximum absolute atomic E-state index is 3.93. The third-order valence-electron chi connectivity index (χ3n) is 3.63. The normalized spacial score (nSPS) is 10.9. The van der Waals surface area contributed by atoms with Crippen molar-refractivity contribution in [3.8, 4) is 0 Å². The summed E-state index contributed by atoms with van der Waals surface area (Å²) in [5.74, 6) is 0. The van der Waals surface area contributed by atoms with Gasteiger partial charge in [-0.3, -0.25) is 0 Å². The van der Waals surface area contributed by atoms with Crippen LogP contribution in [-0.4, -0.2) is 0 Å². The Morgan fingerprint density at radius 1 is 0.958 bits per heavy atom. The molecule has 136 valence electrons. The van der Waals surface area contributed by atoms with Crippen molar-refractivity contribution in [2.45, 2.75) is 75.2 Å². The molecule has 0 spiro atoms. The molecule has 0 heterocycles. The first-order chi connectivity index (χ1) is 11.1. The molecule has 0 aliphatic carbocycles. The van der Waals surface area contributed by atoms with E-state index in [0.717, 1.165) is 0 Å². The molecule has 0 aromatic heterocycles. The van der Waals surface area contributed by atoms with Gasteiger partial charge >= 0.3 is 0 Å². The lowest BCUT2D eigenvalue weighted by Crippen LogP contribution is -2.05. The zero-order valence-electron chi connectivity index (χ0n) is 17.7. The SMILES string of the molecule is C=C(/C=C/C)C(C)(C)C.CC/C=C\CC.Cc1ccc(C)c(C)c1. The minimum Gasteiger partial charge on any atom is -0.0953 e. The Kier molecular flexibility index (Phi) is 14.2. The van der Waals surface area contributed by atoms with E-state index in [-0.39, 0.29) is 5.41 Å². The van der Waals surface area contributed by atoms with Gasteiger partial charge in [0.15, 0.2) is 0 Å². The van der Waals surface area contributed by atoms with Crippen molar-refractivity contribution in [2.24, 2.45) is 5.41 Å². The predicted octanol–water partition coefficient (Wildman–Crippen LogP) is 8.14. The summed E-state index contributed by atoms with van der Waals surface area (Å²) >= 11 is 0. The van der Waals surface area contributed by atoms with Gasteiger partial charge in [-0.05, 0) is 57.1 Å². The molecule has 0 bridgehead atoms. The molecule has 1 aromatic rings. The summed E-state index contributed by atoms with van der Waals surface area (Å²) in [5, 5.41) is 0. The van der Waals surface area contributed by atoms with Gasteiger partial charge in [0.25, 0.3) is 0 Å². The fourth-order valence-corrected chi connectivity index (χ4v) is 1.68. The molecule has 0 fully saturated rings. The zero-order chi connectivity index (χ0) is 19.2. The molecule has 1 rings (SSSR count). The van der Waals surface area contributed by atoms with Gasteiger partial charge in [0.05, 0.1) is 0 Å². The Morgan fingerprint density at radius 2 is 1.46 bits per heavy atom. The third-order valence-corrected chi connectivity index (χ3v) is 3.63. The summed E-state index contributed by atoms with van der Waals surface area (Å²) < 4.78 is 0. The van der Waals surface area contributed by atoms with Crippen LogP contribution in [0, 0.1) is 26.2 Å². The van der Waals surface area contributed by atoms with Gasteiger partial charge in [0, 0.05) is 0 Å². The number of allylic oxidation sites excluding steroid dienone is 5. The molecule has 0 aliphatic heterocycles. The second kappa shape index (κ2) is 13.8. The van der Waals surface area contributed by atoms with Crippen LogP contribution in [0.25, 0.3) is 0 Å². The van der Waals surface area contributed by atoms with Crippen molar-refractivity contribution in [2.75, 3.05) is 0 Å². The lowest BCUT2D eigenvalue weighted by molar-refractivity contribution is 0.519. The van der Waals surface area contributed by atoms with E-state index in [1.165, 1.54) is 35.1 Å². The number of rotatable bonds is 3. The number of hydrogen-bond acceptors (Lipinski definition) is 0. The predicted molar refractivity (Wildman–Crippen MR) is 114 cm³/mol. The Hall–Kier alpha value is -1.56. The van der Waals surface area contributed by atoms with Gasteiger partial charge in [0.1, 0.15) is 0 Å². The van der Waals surface area contributed by atoms with Gasteiger partial charge in [-0.25, -0.2) is 0 Å². The summed E-state index contributed by atoms with van der Waals surface area (Å²) in [5.41, 5.74) is 5.52. The van der Waals surface area contributed by atoms with Crippen LogP contribution in [0.1, 0.15) is 71.1 Å². The highest BCUT2D eigenvalue weighted by Crippen LogP contribution is 2.23. The summed E-state index contributed by atoms with van der Waals surface area (Å²) in [6, 6.07) is 6.50. The number of aryl methyl sites for hydroxylation is 3. The lowest BCUT2D eigenvalue weighted by atomic mass is 9.87. The second-order valence-corrected chi connectivity index (χ2v) is 7.15. The van der Waals surface area contributed by atoms with Crippen LogP contribution in [-0.2, 0) is 0 Å².